The fourth-order valence-electron chi connectivity index (χ4n) is 6.39. The summed E-state index contributed by atoms with van der Waals surface area (Å²) >= 11 is 0. The summed E-state index contributed by atoms with van der Waals surface area (Å²) < 4.78 is 16.2. The monoisotopic (exact) mass is 489 g/mol. The third kappa shape index (κ3) is 3.99. The quantitative estimate of drug-likeness (QED) is 0.431. The van der Waals surface area contributed by atoms with Crippen molar-refractivity contribution in [3.05, 3.63) is 75.7 Å². The lowest BCUT2D eigenvalue weighted by Crippen LogP contribution is -2.67. The van der Waals surface area contributed by atoms with Crippen LogP contribution in [0.2, 0.25) is 0 Å². The maximum Gasteiger partial charge on any atom is 0.343 e. The van der Waals surface area contributed by atoms with Gasteiger partial charge in [-0.2, -0.15) is 0 Å². The van der Waals surface area contributed by atoms with Gasteiger partial charge in [0.1, 0.15) is 17.2 Å². The highest BCUT2D eigenvalue weighted by Crippen LogP contribution is 2.48. The van der Waals surface area contributed by atoms with Crippen molar-refractivity contribution in [2.75, 3.05) is 18.0 Å². The van der Waals surface area contributed by atoms with Gasteiger partial charge in [-0.15, -0.1) is 0 Å². The fourth-order valence-corrected chi connectivity index (χ4v) is 6.39. The Labute approximate surface area is 209 Å². The predicted octanol–water partition coefficient (Wildman–Crippen LogP) is 5.10. The van der Waals surface area contributed by atoms with Crippen LogP contribution in [-0.4, -0.2) is 34.4 Å². The summed E-state index contributed by atoms with van der Waals surface area (Å²) in [5, 5.41) is 14.2. The van der Waals surface area contributed by atoms with Gasteiger partial charge in [0.25, 0.3) is 0 Å². The van der Waals surface area contributed by atoms with Gasteiger partial charge in [0.15, 0.2) is 0 Å². The first-order valence-electron chi connectivity index (χ1n) is 13.1. The molecule has 36 heavy (non-hydrogen) atoms. The van der Waals surface area contributed by atoms with Gasteiger partial charge in [-0.3, -0.25) is 10.1 Å². The number of rotatable bonds is 8. The van der Waals surface area contributed by atoms with E-state index in [2.05, 4.69) is 34.5 Å². The van der Waals surface area contributed by atoms with Crippen molar-refractivity contribution in [3.8, 4) is 0 Å². The highest BCUT2D eigenvalue weighted by atomic mass is 19.1. The van der Waals surface area contributed by atoms with E-state index in [-0.39, 0.29) is 22.7 Å². The number of fused-ring (bicyclic) bond motifs is 4. The Morgan fingerprint density at radius 1 is 1.08 bits per heavy atom. The van der Waals surface area contributed by atoms with Crippen LogP contribution in [-0.2, 0) is 6.42 Å². The van der Waals surface area contributed by atoms with E-state index in [4.69, 9.17) is 0 Å². The van der Waals surface area contributed by atoms with Crippen LogP contribution in [0.4, 0.5) is 10.2 Å². The van der Waals surface area contributed by atoms with Crippen LogP contribution in [0.25, 0.3) is 10.9 Å². The number of nitrogens with zero attached hydrogens (tertiary/aromatic N) is 2. The SMILES string of the molecule is O=C(O)c1c(N2CC3CCC2(NCCCc2ccccc2)CC3)n(C2CC2)c2ccc(F)cc2c1=O. The van der Waals surface area contributed by atoms with Crippen LogP contribution in [0.15, 0.2) is 53.3 Å². The molecule has 6 nitrogen and oxygen atoms in total. The first kappa shape index (κ1) is 23.2. The number of carbonyl (C=O) groups is 1. The first-order chi connectivity index (χ1) is 17.5. The van der Waals surface area contributed by atoms with Crippen molar-refractivity contribution in [2.24, 2.45) is 5.92 Å². The third-order valence-corrected chi connectivity index (χ3v) is 8.35. The Morgan fingerprint density at radius 3 is 2.53 bits per heavy atom. The molecule has 3 aromatic rings. The van der Waals surface area contributed by atoms with Crippen molar-refractivity contribution in [1.82, 2.24) is 9.88 Å². The van der Waals surface area contributed by atoms with Gasteiger partial charge in [0.05, 0.1) is 11.2 Å². The fraction of sp³-hybridized carbons (Fsp3) is 0.448. The number of halogens is 1. The second-order valence-electron chi connectivity index (χ2n) is 10.7. The summed E-state index contributed by atoms with van der Waals surface area (Å²) in [6, 6.07) is 14.7. The zero-order chi connectivity index (χ0) is 24.9. The van der Waals surface area contributed by atoms with Crippen LogP contribution >= 0.6 is 0 Å². The van der Waals surface area contributed by atoms with E-state index in [1.807, 2.05) is 10.6 Å². The molecular weight excluding hydrogens is 457 g/mol. The van der Waals surface area contributed by atoms with Crippen molar-refractivity contribution in [1.29, 1.82) is 0 Å². The molecule has 4 fully saturated rings. The molecule has 2 saturated heterocycles. The molecule has 0 atom stereocenters. The molecule has 0 radical (unpaired) electrons. The minimum atomic E-state index is -1.24. The highest BCUT2D eigenvalue weighted by molar-refractivity contribution is 5.99. The maximum atomic E-state index is 14.1. The molecule has 7 heteroatoms. The van der Waals surface area contributed by atoms with Crippen LogP contribution in [0.5, 0.6) is 0 Å². The van der Waals surface area contributed by atoms with Gasteiger partial charge < -0.3 is 14.6 Å². The summed E-state index contributed by atoms with van der Waals surface area (Å²) in [5.74, 6) is -0.781. The van der Waals surface area contributed by atoms with Gasteiger partial charge >= 0.3 is 5.97 Å². The van der Waals surface area contributed by atoms with Gasteiger partial charge in [0, 0.05) is 18.0 Å². The molecule has 2 aliphatic carbocycles. The van der Waals surface area contributed by atoms with E-state index in [0.29, 0.717) is 17.3 Å². The maximum absolute atomic E-state index is 14.1. The molecule has 4 aliphatic rings. The molecular formula is C29H32FN3O3. The zero-order valence-corrected chi connectivity index (χ0v) is 20.4. The lowest BCUT2D eigenvalue weighted by Gasteiger charge is -2.56. The summed E-state index contributed by atoms with van der Waals surface area (Å²) in [6.45, 7) is 1.54. The van der Waals surface area contributed by atoms with E-state index in [9.17, 15) is 19.1 Å². The molecule has 0 unspecified atom stereocenters. The van der Waals surface area contributed by atoms with Gasteiger partial charge in [0.2, 0.25) is 5.43 Å². The number of aromatic carboxylic acids is 1. The number of anilines is 1. The topological polar surface area (TPSA) is 74.6 Å². The van der Waals surface area contributed by atoms with E-state index < -0.39 is 17.2 Å². The first-order valence-corrected chi connectivity index (χ1v) is 13.1. The Kier molecular flexibility index (Phi) is 5.83. The molecule has 2 bridgehead atoms. The number of carboxylic acid groups (broad SMARTS) is 1. The van der Waals surface area contributed by atoms with E-state index in [1.54, 1.807) is 6.07 Å². The molecule has 2 saturated carbocycles. The number of nitrogens with one attached hydrogen (secondary N) is 1. The Bertz CT molecular complexity index is 1360. The number of hydrogen-bond acceptors (Lipinski definition) is 4. The molecule has 2 N–H and O–H groups in total. The Balaban J connectivity index is 1.42. The summed E-state index contributed by atoms with van der Waals surface area (Å²) in [5.41, 5.74) is 0.734. The van der Waals surface area contributed by atoms with Gasteiger partial charge in [-0.25, -0.2) is 9.18 Å². The molecule has 2 aromatic carbocycles. The molecule has 188 valence electrons. The van der Waals surface area contributed by atoms with Gasteiger partial charge in [-0.1, -0.05) is 30.3 Å². The average molecular weight is 490 g/mol. The van der Waals surface area contributed by atoms with Crippen molar-refractivity contribution in [2.45, 2.75) is 63.1 Å². The van der Waals surface area contributed by atoms with Crippen LogP contribution in [0.1, 0.15) is 66.9 Å². The lowest BCUT2D eigenvalue weighted by molar-refractivity contribution is 0.0692. The van der Waals surface area contributed by atoms with Crippen molar-refractivity contribution < 1.29 is 14.3 Å². The minimum Gasteiger partial charge on any atom is -0.477 e. The molecule has 0 spiro atoms. The number of benzene rings is 2. The van der Waals surface area contributed by atoms with Crippen LogP contribution in [0, 0.1) is 11.7 Å². The summed E-state index contributed by atoms with van der Waals surface area (Å²) in [7, 11) is 0. The Hall–Kier alpha value is -3.19. The molecule has 3 heterocycles. The number of piperidine rings is 2. The third-order valence-electron chi connectivity index (χ3n) is 8.35. The molecule has 0 amide bonds. The Morgan fingerprint density at radius 2 is 1.83 bits per heavy atom. The normalized spacial score (nSPS) is 23.4. The van der Waals surface area contributed by atoms with Crippen LogP contribution in [0.3, 0.4) is 0 Å². The van der Waals surface area contributed by atoms with E-state index in [0.717, 1.165) is 64.5 Å². The van der Waals surface area contributed by atoms with Crippen molar-refractivity contribution in [3.63, 3.8) is 0 Å². The molecule has 2 aliphatic heterocycles. The smallest absolute Gasteiger partial charge is 0.343 e. The predicted molar refractivity (Wildman–Crippen MR) is 138 cm³/mol. The number of pyridine rings is 1. The van der Waals surface area contributed by atoms with Crippen LogP contribution < -0.4 is 15.6 Å². The second-order valence-corrected chi connectivity index (χ2v) is 10.7. The summed E-state index contributed by atoms with van der Waals surface area (Å²) in [4.78, 5) is 28.3. The number of aromatic nitrogens is 1. The second kappa shape index (κ2) is 9.04. The largest absolute Gasteiger partial charge is 0.477 e. The molecule has 7 rings (SSSR count). The lowest BCUT2D eigenvalue weighted by atomic mass is 9.75. The zero-order valence-electron chi connectivity index (χ0n) is 20.4. The van der Waals surface area contributed by atoms with E-state index in [1.165, 1.54) is 17.7 Å². The number of hydrogen-bond donors (Lipinski definition) is 2. The van der Waals surface area contributed by atoms with E-state index >= 15 is 0 Å². The number of aryl methyl sites for hydroxylation is 1. The number of carboxylic acids is 1. The molecule has 1 aromatic heterocycles. The average Bonchev–Trinajstić information content (AvgIpc) is 3.73. The van der Waals surface area contributed by atoms with Crippen molar-refractivity contribution >= 4 is 22.7 Å². The van der Waals surface area contributed by atoms with Gasteiger partial charge in [-0.05, 0) is 87.6 Å². The highest BCUT2D eigenvalue weighted by Gasteiger charge is 2.49. The summed E-state index contributed by atoms with van der Waals surface area (Å²) in [6.07, 6.45) is 7.83. The minimum absolute atomic E-state index is 0.127. The standard InChI is InChI=1S/C29H32FN3O3/c30-21-8-11-24-23(17-21)26(34)25(28(35)36)27(33(24)22-9-10-22)32-18-20-12-14-29(32,15-13-20)31-16-4-7-19-5-2-1-3-6-19/h1-3,5-6,8,11,17,20,22,31H,4,7,9-10,12-16,18H2,(H,35,36).